The summed E-state index contributed by atoms with van der Waals surface area (Å²) in [5, 5.41) is 0. The van der Waals surface area contributed by atoms with Crippen LogP contribution in [0.1, 0.15) is 25.3 Å². The summed E-state index contributed by atoms with van der Waals surface area (Å²) in [6, 6.07) is 7.82. The van der Waals surface area contributed by atoms with Crippen LogP contribution in [0.2, 0.25) is 0 Å². The monoisotopic (exact) mass is 249 g/mol. The lowest BCUT2D eigenvalue weighted by molar-refractivity contribution is -0.141. The molecule has 1 amide bonds. The third-order valence-corrected chi connectivity index (χ3v) is 2.88. The maximum absolute atomic E-state index is 11.8. The lowest BCUT2D eigenvalue weighted by atomic mass is 10.1. The van der Waals surface area contributed by atoms with Gasteiger partial charge in [0.1, 0.15) is 0 Å². The number of esters is 1. The highest BCUT2D eigenvalue weighted by Gasteiger charge is 2.12. The van der Waals surface area contributed by atoms with E-state index in [1.807, 2.05) is 24.3 Å². The van der Waals surface area contributed by atoms with Gasteiger partial charge >= 0.3 is 5.97 Å². The molecule has 0 saturated heterocycles. The first-order valence-corrected chi connectivity index (χ1v) is 6.00. The van der Waals surface area contributed by atoms with Gasteiger partial charge in [-0.3, -0.25) is 9.59 Å². The average Bonchev–Trinajstić information content (AvgIpc) is 2.43. The third kappa shape index (κ3) is 3.87. The molecule has 0 aliphatic rings. The highest BCUT2D eigenvalue weighted by molar-refractivity contribution is 5.94. The molecule has 0 unspecified atom stereocenters. The Morgan fingerprint density at radius 3 is 2.28 bits per heavy atom. The molecule has 98 valence electrons. The number of aryl methyl sites for hydroxylation is 1. The molecule has 0 aromatic heterocycles. The molecule has 18 heavy (non-hydrogen) atoms. The summed E-state index contributed by atoms with van der Waals surface area (Å²) in [6.45, 7) is 2.08. The van der Waals surface area contributed by atoms with Gasteiger partial charge in [0, 0.05) is 19.2 Å². The molecule has 1 aromatic rings. The van der Waals surface area contributed by atoms with Gasteiger partial charge in [-0.05, 0) is 24.1 Å². The van der Waals surface area contributed by atoms with Gasteiger partial charge in [-0.15, -0.1) is 0 Å². The molecule has 0 atom stereocenters. The first-order valence-electron chi connectivity index (χ1n) is 6.00. The Labute approximate surface area is 108 Å². The predicted molar refractivity (Wildman–Crippen MR) is 70.5 cm³/mol. The van der Waals surface area contributed by atoms with Gasteiger partial charge in [0.25, 0.3) is 0 Å². The SMILES string of the molecule is CCc1ccc(N(C)C(=O)CCC(=O)OC)cc1. The van der Waals surface area contributed by atoms with Crippen molar-refractivity contribution >= 4 is 17.6 Å². The van der Waals surface area contributed by atoms with Crippen molar-refractivity contribution < 1.29 is 14.3 Å². The van der Waals surface area contributed by atoms with Crippen molar-refractivity contribution in [1.29, 1.82) is 0 Å². The van der Waals surface area contributed by atoms with Crippen molar-refractivity contribution in [1.82, 2.24) is 0 Å². The van der Waals surface area contributed by atoms with Gasteiger partial charge in [0.2, 0.25) is 5.91 Å². The van der Waals surface area contributed by atoms with E-state index in [1.165, 1.54) is 12.7 Å². The van der Waals surface area contributed by atoms with Crippen LogP contribution in [0.4, 0.5) is 5.69 Å². The van der Waals surface area contributed by atoms with Crippen LogP contribution in [0.3, 0.4) is 0 Å². The van der Waals surface area contributed by atoms with Gasteiger partial charge in [-0.25, -0.2) is 0 Å². The molecular weight excluding hydrogens is 230 g/mol. The number of carbonyl (C=O) groups excluding carboxylic acids is 2. The maximum atomic E-state index is 11.8. The Morgan fingerprint density at radius 1 is 1.17 bits per heavy atom. The number of amides is 1. The zero-order chi connectivity index (χ0) is 13.5. The topological polar surface area (TPSA) is 46.6 Å². The number of carbonyl (C=O) groups is 2. The Bertz CT molecular complexity index is 412. The van der Waals surface area contributed by atoms with E-state index in [4.69, 9.17) is 0 Å². The maximum Gasteiger partial charge on any atom is 0.306 e. The summed E-state index contributed by atoms with van der Waals surface area (Å²) in [6.07, 6.45) is 1.26. The molecule has 4 heteroatoms. The number of benzene rings is 1. The van der Waals surface area contributed by atoms with E-state index in [0.717, 1.165) is 12.1 Å². The fourth-order valence-corrected chi connectivity index (χ4v) is 1.58. The second kappa shape index (κ2) is 6.79. The summed E-state index contributed by atoms with van der Waals surface area (Å²) in [5.41, 5.74) is 2.07. The van der Waals surface area contributed by atoms with Crippen LogP contribution in [0.15, 0.2) is 24.3 Å². The average molecular weight is 249 g/mol. The lowest BCUT2D eigenvalue weighted by Gasteiger charge is -2.17. The molecule has 4 nitrogen and oxygen atoms in total. The minimum Gasteiger partial charge on any atom is -0.469 e. The van der Waals surface area contributed by atoms with Gasteiger partial charge in [0.15, 0.2) is 0 Å². The third-order valence-electron chi connectivity index (χ3n) is 2.88. The van der Waals surface area contributed by atoms with Crippen LogP contribution >= 0.6 is 0 Å². The van der Waals surface area contributed by atoms with Crippen molar-refractivity contribution in [2.75, 3.05) is 19.1 Å². The minimum absolute atomic E-state index is 0.0929. The molecule has 0 saturated carbocycles. The van der Waals surface area contributed by atoms with Crippen molar-refractivity contribution in [2.45, 2.75) is 26.2 Å². The smallest absolute Gasteiger partial charge is 0.306 e. The number of hydrogen-bond donors (Lipinski definition) is 0. The van der Waals surface area contributed by atoms with E-state index >= 15 is 0 Å². The van der Waals surface area contributed by atoms with Crippen molar-refractivity contribution in [3.8, 4) is 0 Å². The quantitative estimate of drug-likeness (QED) is 0.751. The molecule has 0 aliphatic carbocycles. The number of rotatable bonds is 5. The highest BCUT2D eigenvalue weighted by Crippen LogP contribution is 2.15. The zero-order valence-electron chi connectivity index (χ0n) is 11.1. The van der Waals surface area contributed by atoms with Gasteiger partial charge in [-0.1, -0.05) is 19.1 Å². The largest absolute Gasteiger partial charge is 0.469 e. The Morgan fingerprint density at radius 2 is 1.78 bits per heavy atom. The van der Waals surface area contributed by atoms with Gasteiger partial charge in [-0.2, -0.15) is 0 Å². The summed E-state index contributed by atoms with van der Waals surface area (Å²) in [7, 11) is 3.03. The summed E-state index contributed by atoms with van der Waals surface area (Å²) in [4.78, 5) is 24.4. The van der Waals surface area contributed by atoms with Crippen molar-refractivity contribution in [3.63, 3.8) is 0 Å². The molecule has 0 radical (unpaired) electrons. The van der Waals surface area contributed by atoms with E-state index in [1.54, 1.807) is 11.9 Å². The van der Waals surface area contributed by atoms with E-state index in [-0.39, 0.29) is 24.7 Å². The minimum atomic E-state index is -0.363. The summed E-state index contributed by atoms with van der Waals surface area (Å²) in [5.74, 6) is -0.456. The molecule has 1 aromatic carbocycles. The number of nitrogens with zero attached hydrogens (tertiary/aromatic N) is 1. The van der Waals surface area contributed by atoms with E-state index in [9.17, 15) is 9.59 Å². The van der Waals surface area contributed by atoms with E-state index < -0.39 is 0 Å². The fraction of sp³-hybridized carbons (Fsp3) is 0.429. The normalized spacial score (nSPS) is 9.94. The Kier molecular flexibility index (Phi) is 5.36. The Balaban J connectivity index is 2.59. The molecule has 0 fully saturated rings. The molecule has 0 N–H and O–H groups in total. The number of methoxy groups -OCH3 is 1. The Hall–Kier alpha value is -1.84. The summed E-state index contributed by atoms with van der Waals surface area (Å²) < 4.78 is 4.51. The number of ether oxygens (including phenoxy) is 1. The lowest BCUT2D eigenvalue weighted by Crippen LogP contribution is -2.26. The van der Waals surface area contributed by atoms with E-state index in [2.05, 4.69) is 11.7 Å². The first-order chi connectivity index (χ1) is 8.58. The predicted octanol–water partition coefficient (Wildman–Crippen LogP) is 2.17. The van der Waals surface area contributed by atoms with Crippen LogP contribution in [-0.4, -0.2) is 26.0 Å². The molecule has 0 aliphatic heterocycles. The van der Waals surface area contributed by atoms with Crippen LogP contribution in [0.5, 0.6) is 0 Å². The molecule has 0 heterocycles. The number of hydrogen-bond acceptors (Lipinski definition) is 3. The first kappa shape index (κ1) is 14.2. The molecule has 1 rings (SSSR count). The standard InChI is InChI=1S/C14H19NO3/c1-4-11-5-7-12(8-6-11)15(2)13(16)9-10-14(17)18-3/h5-8H,4,9-10H2,1-3H3. The molecule has 0 bridgehead atoms. The van der Waals surface area contributed by atoms with E-state index in [0.29, 0.717) is 0 Å². The van der Waals surface area contributed by atoms with Crippen LogP contribution < -0.4 is 4.90 Å². The number of anilines is 1. The second-order valence-corrected chi connectivity index (χ2v) is 4.05. The fourth-order valence-electron chi connectivity index (χ4n) is 1.58. The van der Waals surface area contributed by atoms with Crippen molar-refractivity contribution in [2.24, 2.45) is 0 Å². The highest BCUT2D eigenvalue weighted by atomic mass is 16.5. The molecular formula is C14H19NO3. The zero-order valence-corrected chi connectivity index (χ0v) is 11.1. The van der Waals surface area contributed by atoms with Gasteiger partial charge in [0.05, 0.1) is 13.5 Å². The van der Waals surface area contributed by atoms with Crippen LogP contribution in [0.25, 0.3) is 0 Å². The van der Waals surface area contributed by atoms with Crippen LogP contribution in [0, 0.1) is 0 Å². The van der Waals surface area contributed by atoms with Crippen LogP contribution in [-0.2, 0) is 20.7 Å². The van der Waals surface area contributed by atoms with Crippen molar-refractivity contribution in [3.05, 3.63) is 29.8 Å². The summed E-state index contributed by atoms with van der Waals surface area (Å²) >= 11 is 0. The van der Waals surface area contributed by atoms with Gasteiger partial charge < -0.3 is 9.64 Å². The molecule has 0 spiro atoms. The second-order valence-electron chi connectivity index (χ2n) is 4.05.